The van der Waals surface area contributed by atoms with Gasteiger partial charge < -0.3 is 10.2 Å². The number of rotatable bonds is 3. The third-order valence-electron chi connectivity index (χ3n) is 10.4. The first-order valence-electron chi connectivity index (χ1n) is 12.9. The molecule has 7 atom stereocenters. The molecule has 6 nitrogen and oxygen atoms in total. The monoisotopic (exact) mass is 542 g/mol. The summed E-state index contributed by atoms with van der Waals surface area (Å²) in [7, 11) is 0. The Morgan fingerprint density at radius 1 is 1.22 bits per heavy atom. The zero-order valence-corrected chi connectivity index (χ0v) is 22.6. The van der Waals surface area contributed by atoms with Crippen molar-refractivity contribution in [3.8, 4) is 5.69 Å². The number of hydrogen-bond acceptors (Lipinski definition) is 5. The lowest BCUT2D eigenvalue weighted by Crippen LogP contribution is -2.61. The maximum atomic E-state index is 14.1. The number of allylic oxidation sites excluding steroid dienone is 1. The molecule has 0 amide bonds. The van der Waals surface area contributed by atoms with E-state index < -0.39 is 33.2 Å². The average Bonchev–Trinajstić information content (AvgIpc) is 3.35. The molecule has 0 aliphatic heterocycles. The van der Waals surface area contributed by atoms with Crippen LogP contribution in [0.1, 0.15) is 67.6 Å². The number of aliphatic hydroxyl groups excluding tert-OH is 1. The summed E-state index contributed by atoms with van der Waals surface area (Å²) in [6.45, 7) is 4.18. The van der Waals surface area contributed by atoms with Crippen LogP contribution < -0.4 is 0 Å². The summed E-state index contributed by atoms with van der Waals surface area (Å²) in [5.41, 5.74) is 1.19. The quantitative estimate of drug-likeness (QED) is 0.431. The number of benzene rings is 1. The van der Waals surface area contributed by atoms with Crippen molar-refractivity contribution in [1.29, 1.82) is 0 Å². The summed E-state index contributed by atoms with van der Waals surface area (Å²) in [6, 6.07) is 4.32. The second-order valence-electron chi connectivity index (χ2n) is 11.9. The summed E-state index contributed by atoms with van der Waals surface area (Å²) in [5, 5.41) is 26.4. The SMILES string of the molecule is C[C@]12Cc3cnn(-c4ccc(F)c(C(=O)S)c4)c3C=C1CC[C@@H]1[C@@H]2[C@@H](O)C[C@@]2(C)[C@H]1CC[C@]2(O)C(=O)S. The molecule has 1 aromatic heterocycles. The van der Waals surface area contributed by atoms with E-state index in [1.165, 1.54) is 17.7 Å². The van der Waals surface area contributed by atoms with Crippen LogP contribution in [-0.4, -0.2) is 41.9 Å². The van der Waals surface area contributed by atoms with Crippen molar-refractivity contribution in [1.82, 2.24) is 9.78 Å². The Morgan fingerprint density at radius 3 is 2.68 bits per heavy atom. The Bertz CT molecular complexity index is 1370. The van der Waals surface area contributed by atoms with Gasteiger partial charge in [-0.3, -0.25) is 9.59 Å². The van der Waals surface area contributed by atoms with Gasteiger partial charge in [0.25, 0.3) is 0 Å². The van der Waals surface area contributed by atoms with E-state index >= 15 is 0 Å². The molecule has 0 spiro atoms. The first-order chi connectivity index (χ1) is 17.4. The molecule has 4 aliphatic carbocycles. The van der Waals surface area contributed by atoms with Crippen LogP contribution in [-0.2, 0) is 11.2 Å². The molecule has 0 bridgehead atoms. The maximum Gasteiger partial charge on any atom is 0.219 e. The van der Waals surface area contributed by atoms with E-state index in [1.54, 1.807) is 10.7 Å². The molecule has 0 unspecified atom stereocenters. The van der Waals surface area contributed by atoms with Gasteiger partial charge in [-0.25, -0.2) is 9.07 Å². The minimum Gasteiger partial charge on any atom is -0.393 e. The molecule has 37 heavy (non-hydrogen) atoms. The van der Waals surface area contributed by atoms with Gasteiger partial charge in [0.05, 0.1) is 29.2 Å². The van der Waals surface area contributed by atoms with Crippen molar-refractivity contribution in [3.63, 3.8) is 0 Å². The number of fused-ring (bicyclic) bond motifs is 6. The molecule has 2 aromatic rings. The van der Waals surface area contributed by atoms with Gasteiger partial charge in [-0.05, 0) is 91.5 Å². The van der Waals surface area contributed by atoms with E-state index in [4.69, 9.17) is 0 Å². The largest absolute Gasteiger partial charge is 0.393 e. The molecule has 9 heteroatoms. The van der Waals surface area contributed by atoms with Crippen LogP contribution in [0.2, 0.25) is 0 Å². The summed E-state index contributed by atoms with van der Waals surface area (Å²) < 4.78 is 15.8. The van der Waals surface area contributed by atoms with Gasteiger partial charge in [-0.1, -0.05) is 19.4 Å². The van der Waals surface area contributed by atoms with E-state index in [1.807, 2.05) is 13.1 Å². The summed E-state index contributed by atoms with van der Waals surface area (Å²) in [6.07, 6.45) is 7.23. The lowest BCUT2D eigenvalue weighted by molar-refractivity contribution is -0.173. The Kier molecular flexibility index (Phi) is 5.67. The highest BCUT2D eigenvalue weighted by atomic mass is 32.1. The fourth-order valence-corrected chi connectivity index (χ4v) is 9.09. The molecule has 3 saturated carbocycles. The van der Waals surface area contributed by atoms with Crippen LogP contribution >= 0.6 is 25.3 Å². The third-order valence-corrected chi connectivity index (χ3v) is 11.0. The minimum absolute atomic E-state index is 0.00123. The first kappa shape index (κ1) is 25.3. The lowest BCUT2D eigenvalue weighted by atomic mass is 9.45. The van der Waals surface area contributed by atoms with Gasteiger partial charge in [0.1, 0.15) is 11.4 Å². The van der Waals surface area contributed by atoms with Gasteiger partial charge in [0.2, 0.25) is 10.2 Å². The van der Waals surface area contributed by atoms with Gasteiger partial charge >= 0.3 is 0 Å². The number of aromatic nitrogens is 2. The van der Waals surface area contributed by atoms with E-state index in [0.717, 1.165) is 30.5 Å². The Balaban J connectivity index is 1.38. The minimum atomic E-state index is -1.51. The Hall–Kier alpha value is -1.94. The molecule has 196 valence electrons. The number of hydrogen-bond donors (Lipinski definition) is 4. The fourth-order valence-electron chi connectivity index (χ4n) is 8.56. The molecule has 0 saturated heterocycles. The molecule has 2 N–H and O–H groups in total. The van der Waals surface area contributed by atoms with E-state index in [2.05, 4.69) is 43.4 Å². The van der Waals surface area contributed by atoms with E-state index in [-0.39, 0.29) is 28.7 Å². The standard InChI is InChI=1S/C28H31FN2O4S2/c1-26-11-14-13-30-31(16-4-6-20(29)18(10-16)24(33)36)21(14)9-15(26)3-5-17-19-7-8-28(35,25(34)37)27(19,2)12-22(32)23(17)26/h4,6,9-10,13,17,19,22-23,32,35H,3,5,7-8,11-12H2,1-2H3,(H,33,36)(H,34,37)/t17-,19-,22-,23+,26-,27-,28-/m0/s1. The van der Waals surface area contributed by atoms with Crippen LogP contribution in [0.15, 0.2) is 30.0 Å². The van der Waals surface area contributed by atoms with Crippen molar-refractivity contribution in [2.75, 3.05) is 0 Å². The number of carbonyl (C=O) groups excluding carboxylic acids is 2. The van der Waals surface area contributed by atoms with Crippen molar-refractivity contribution in [2.24, 2.45) is 28.6 Å². The second kappa shape index (κ2) is 8.28. The number of halogens is 1. The second-order valence-corrected chi connectivity index (χ2v) is 12.7. The molecule has 6 rings (SSSR count). The average molecular weight is 543 g/mol. The Morgan fingerprint density at radius 2 is 1.97 bits per heavy atom. The first-order valence-corrected chi connectivity index (χ1v) is 13.8. The van der Waals surface area contributed by atoms with Crippen molar-refractivity contribution in [2.45, 2.75) is 64.1 Å². The van der Waals surface area contributed by atoms with Crippen molar-refractivity contribution < 1.29 is 24.2 Å². The zero-order valence-electron chi connectivity index (χ0n) is 20.8. The van der Waals surface area contributed by atoms with Crippen LogP contribution in [0, 0.1) is 34.4 Å². The topological polar surface area (TPSA) is 92.4 Å². The van der Waals surface area contributed by atoms with Crippen LogP contribution in [0.4, 0.5) is 4.39 Å². The third kappa shape index (κ3) is 3.36. The van der Waals surface area contributed by atoms with Crippen LogP contribution in [0.3, 0.4) is 0 Å². The predicted octanol–water partition coefficient (Wildman–Crippen LogP) is 4.42. The Labute approximate surface area is 226 Å². The fraction of sp³-hybridized carbons (Fsp3) is 0.536. The lowest BCUT2D eigenvalue weighted by Gasteiger charge is -2.60. The normalized spacial score (nSPS) is 38.2. The molecular weight excluding hydrogens is 511 g/mol. The number of thiol groups is 2. The maximum absolute atomic E-state index is 14.1. The molecule has 0 radical (unpaired) electrons. The number of carbonyl (C=O) groups is 2. The van der Waals surface area contributed by atoms with Crippen LogP contribution in [0.5, 0.6) is 0 Å². The van der Waals surface area contributed by atoms with Gasteiger partial charge in [-0.2, -0.15) is 5.10 Å². The molecular formula is C28H31FN2O4S2. The highest BCUT2D eigenvalue weighted by Crippen LogP contribution is 2.67. The van der Waals surface area contributed by atoms with Crippen molar-refractivity contribution >= 4 is 41.6 Å². The predicted molar refractivity (Wildman–Crippen MR) is 143 cm³/mol. The number of aliphatic hydroxyl groups is 2. The van der Waals surface area contributed by atoms with Gasteiger partial charge in [-0.15, -0.1) is 25.3 Å². The van der Waals surface area contributed by atoms with Gasteiger partial charge in [0, 0.05) is 5.41 Å². The highest BCUT2D eigenvalue weighted by molar-refractivity contribution is 7.97. The van der Waals surface area contributed by atoms with E-state index in [9.17, 15) is 24.2 Å². The smallest absolute Gasteiger partial charge is 0.219 e. The molecule has 1 heterocycles. The highest BCUT2D eigenvalue weighted by Gasteiger charge is 2.68. The van der Waals surface area contributed by atoms with Gasteiger partial charge in [0.15, 0.2) is 0 Å². The van der Waals surface area contributed by atoms with Crippen LogP contribution in [0.25, 0.3) is 11.8 Å². The summed E-state index contributed by atoms with van der Waals surface area (Å²) >= 11 is 7.84. The molecule has 3 fully saturated rings. The number of nitrogens with zero attached hydrogens (tertiary/aromatic N) is 2. The summed E-state index contributed by atoms with van der Waals surface area (Å²) in [5.74, 6) is -0.291. The zero-order chi connectivity index (χ0) is 26.5. The van der Waals surface area contributed by atoms with E-state index in [0.29, 0.717) is 24.9 Å². The summed E-state index contributed by atoms with van der Waals surface area (Å²) in [4.78, 5) is 24.2. The molecule has 1 aromatic carbocycles. The van der Waals surface area contributed by atoms with Crippen molar-refractivity contribution in [3.05, 3.63) is 52.6 Å². The molecule has 4 aliphatic rings.